The van der Waals surface area contributed by atoms with Crippen molar-refractivity contribution in [2.24, 2.45) is 11.8 Å². The number of hydrogen-bond acceptors (Lipinski definition) is 2. The highest BCUT2D eigenvalue weighted by atomic mass is 16.2. The highest BCUT2D eigenvalue weighted by Gasteiger charge is 2.51. The van der Waals surface area contributed by atoms with E-state index in [2.05, 4.69) is 45.8 Å². The van der Waals surface area contributed by atoms with Crippen LogP contribution in [0.25, 0.3) is 0 Å². The summed E-state index contributed by atoms with van der Waals surface area (Å²) in [6.07, 6.45) is 6.77. The summed E-state index contributed by atoms with van der Waals surface area (Å²) >= 11 is 0. The highest BCUT2D eigenvalue weighted by Crippen LogP contribution is 2.54. The number of aromatic amines is 1. The van der Waals surface area contributed by atoms with Gasteiger partial charge in [-0.25, -0.2) is 0 Å². The Balaban J connectivity index is 1.57. The van der Waals surface area contributed by atoms with E-state index in [0.717, 1.165) is 5.92 Å². The van der Waals surface area contributed by atoms with Crippen LogP contribution in [-0.4, -0.2) is 22.1 Å². The molecule has 1 amide bonds. The lowest BCUT2D eigenvalue weighted by molar-refractivity contribution is 0.0250. The molecular weight excluding hydrogens is 274 g/mol. The van der Waals surface area contributed by atoms with Gasteiger partial charge in [-0.3, -0.25) is 9.89 Å². The number of aromatic nitrogens is 2. The first-order valence-electron chi connectivity index (χ1n) is 8.20. The van der Waals surface area contributed by atoms with Gasteiger partial charge in [0, 0.05) is 18.2 Å². The second-order valence-corrected chi connectivity index (χ2v) is 6.52. The molecule has 0 bridgehead atoms. The van der Waals surface area contributed by atoms with Crippen LogP contribution in [-0.2, 0) is 0 Å². The Bertz CT molecular complexity index is 638. The van der Waals surface area contributed by atoms with E-state index in [4.69, 9.17) is 0 Å². The number of nitrogens with one attached hydrogen (secondary N) is 2. The normalized spacial score (nSPS) is 30.2. The van der Waals surface area contributed by atoms with Crippen molar-refractivity contribution >= 4 is 5.91 Å². The summed E-state index contributed by atoms with van der Waals surface area (Å²) < 4.78 is 0. The number of fused-ring (bicyclic) bond motifs is 1. The molecule has 0 spiro atoms. The average Bonchev–Trinajstić information content (AvgIpc) is 3.08. The number of carbonyl (C=O) groups is 1. The lowest BCUT2D eigenvalue weighted by atomic mass is 9.53. The van der Waals surface area contributed by atoms with Crippen molar-refractivity contribution in [1.29, 1.82) is 0 Å². The van der Waals surface area contributed by atoms with Crippen LogP contribution in [0.4, 0.5) is 0 Å². The van der Waals surface area contributed by atoms with Gasteiger partial charge in [-0.05, 0) is 36.3 Å². The molecule has 2 aromatic rings. The smallest absolute Gasteiger partial charge is 0.269 e. The summed E-state index contributed by atoms with van der Waals surface area (Å²) in [7, 11) is 0. The van der Waals surface area contributed by atoms with E-state index in [0.29, 0.717) is 17.5 Å². The van der Waals surface area contributed by atoms with E-state index in [1.165, 1.54) is 31.2 Å². The van der Waals surface area contributed by atoms with E-state index in [1.807, 2.05) is 0 Å². The third-order valence-corrected chi connectivity index (χ3v) is 5.41. The Hall–Kier alpha value is -2.10. The molecular formula is C18H21N3O. The molecule has 4 heteroatoms. The average molecular weight is 295 g/mol. The van der Waals surface area contributed by atoms with Gasteiger partial charge in [-0.15, -0.1) is 0 Å². The van der Waals surface area contributed by atoms with Crippen LogP contribution in [0, 0.1) is 11.8 Å². The fraction of sp³-hybridized carbons (Fsp3) is 0.444. The SMILES string of the molecule is O=C(N[C@H]1C2CCCCC2[C@@H]1c1ccccc1)c1ccn[nH]1. The maximum absolute atomic E-state index is 12.4. The molecule has 2 unspecified atom stereocenters. The molecule has 4 rings (SSSR count). The number of hydrogen-bond donors (Lipinski definition) is 2. The van der Waals surface area contributed by atoms with E-state index < -0.39 is 0 Å². The summed E-state index contributed by atoms with van der Waals surface area (Å²) in [4.78, 5) is 12.4. The zero-order chi connectivity index (χ0) is 14.9. The number of nitrogens with zero attached hydrogens (tertiary/aromatic N) is 1. The van der Waals surface area contributed by atoms with Gasteiger partial charge in [-0.2, -0.15) is 5.10 Å². The second-order valence-electron chi connectivity index (χ2n) is 6.52. The van der Waals surface area contributed by atoms with Crippen LogP contribution in [0.15, 0.2) is 42.6 Å². The lowest BCUT2D eigenvalue weighted by Crippen LogP contribution is -2.59. The highest BCUT2D eigenvalue weighted by molar-refractivity contribution is 5.92. The van der Waals surface area contributed by atoms with Crippen LogP contribution >= 0.6 is 0 Å². The summed E-state index contributed by atoms with van der Waals surface area (Å²) in [5.74, 6) is 1.78. The Morgan fingerprint density at radius 1 is 1.09 bits per heavy atom. The number of H-pyrrole nitrogens is 1. The van der Waals surface area contributed by atoms with Crippen molar-refractivity contribution in [2.45, 2.75) is 37.6 Å². The van der Waals surface area contributed by atoms with E-state index in [9.17, 15) is 4.79 Å². The summed E-state index contributed by atoms with van der Waals surface area (Å²) in [6, 6.07) is 12.6. The quantitative estimate of drug-likeness (QED) is 0.914. The van der Waals surface area contributed by atoms with Crippen LogP contribution in [0.3, 0.4) is 0 Å². The zero-order valence-corrected chi connectivity index (χ0v) is 12.5. The molecule has 2 fully saturated rings. The molecule has 2 N–H and O–H groups in total. The largest absolute Gasteiger partial charge is 0.347 e. The van der Waals surface area contributed by atoms with Gasteiger partial charge in [0.2, 0.25) is 0 Å². The first kappa shape index (κ1) is 13.6. The molecule has 2 aliphatic rings. The lowest BCUT2D eigenvalue weighted by Gasteiger charge is -2.55. The Morgan fingerprint density at radius 2 is 1.86 bits per heavy atom. The van der Waals surface area contributed by atoms with E-state index >= 15 is 0 Å². The van der Waals surface area contributed by atoms with Crippen LogP contribution in [0.5, 0.6) is 0 Å². The minimum atomic E-state index is -0.0348. The van der Waals surface area contributed by atoms with Crippen LogP contribution in [0.2, 0.25) is 0 Å². The van der Waals surface area contributed by atoms with Crippen molar-refractivity contribution in [1.82, 2.24) is 15.5 Å². The topological polar surface area (TPSA) is 57.8 Å². The molecule has 4 atom stereocenters. The maximum Gasteiger partial charge on any atom is 0.269 e. The Labute approximate surface area is 130 Å². The predicted molar refractivity (Wildman–Crippen MR) is 84.5 cm³/mol. The fourth-order valence-electron chi connectivity index (χ4n) is 4.41. The van der Waals surface area contributed by atoms with Gasteiger partial charge in [0.25, 0.3) is 5.91 Å². The second kappa shape index (κ2) is 5.59. The first-order chi connectivity index (χ1) is 10.8. The molecule has 2 saturated carbocycles. The standard InChI is InChI=1S/C18H21N3O/c22-18(15-10-11-19-21-15)20-17-14-9-5-4-8-13(14)16(17)12-6-2-1-3-7-12/h1-3,6-7,10-11,13-14,16-17H,4-5,8-9H2,(H,19,21)(H,20,22)/t13?,14?,16-,17-/m0/s1. The minimum absolute atomic E-state index is 0.0348. The Morgan fingerprint density at radius 3 is 2.59 bits per heavy atom. The predicted octanol–water partition coefficient (Wildman–Crippen LogP) is 3.11. The van der Waals surface area contributed by atoms with Gasteiger partial charge in [0.15, 0.2) is 0 Å². The third-order valence-electron chi connectivity index (χ3n) is 5.41. The molecule has 1 heterocycles. The minimum Gasteiger partial charge on any atom is -0.347 e. The van der Waals surface area contributed by atoms with Crippen molar-refractivity contribution in [2.75, 3.05) is 0 Å². The molecule has 0 saturated heterocycles. The number of amides is 1. The summed E-state index contributed by atoms with van der Waals surface area (Å²) in [6.45, 7) is 0. The number of benzene rings is 1. The van der Waals surface area contributed by atoms with Gasteiger partial charge in [0.1, 0.15) is 5.69 Å². The number of carbonyl (C=O) groups excluding carboxylic acids is 1. The van der Waals surface area contributed by atoms with Gasteiger partial charge >= 0.3 is 0 Å². The zero-order valence-electron chi connectivity index (χ0n) is 12.5. The maximum atomic E-state index is 12.4. The van der Waals surface area contributed by atoms with E-state index in [-0.39, 0.29) is 11.9 Å². The molecule has 114 valence electrons. The monoisotopic (exact) mass is 295 g/mol. The van der Waals surface area contributed by atoms with Crippen LogP contribution < -0.4 is 5.32 Å². The molecule has 1 aromatic heterocycles. The van der Waals surface area contributed by atoms with Crippen molar-refractivity contribution in [3.63, 3.8) is 0 Å². The van der Waals surface area contributed by atoms with Gasteiger partial charge < -0.3 is 5.32 Å². The fourth-order valence-corrected chi connectivity index (χ4v) is 4.41. The molecule has 22 heavy (non-hydrogen) atoms. The first-order valence-corrected chi connectivity index (χ1v) is 8.20. The van der Waals surface area contributed by atoms with Crippen LogP contribution in [0.1, 0.15) is 47.7 Å². The molecule has 4 nitrogen and oxygen atoms in total. The van der Waals surface area contributed by atoms with Crippen molar-refractivity contribution in [3.8, 4) is 0 Å². The van der Waals surface area contributed by atoms with Crippen molar-refractivity contribution < 1.29 is 4.79 Å². The molecule has 0 radical (unpaired) electrons. The van der Waals surface area contributed by atoms with Crippen molar-refractivity contribution in [3.05, 3.63) is 53.9 Å². The molecule has 1 aromatic carbocycles. The number of rotatable bonds is 3. The van der Waals surface area contributed by atoms with Gasteiger partial charge in [0.05, 0.1) is 0 Å². The molecule has 2 aliphatic carbocycles. The summed E-state index contributed by atoms with van der Waals surface area (Å²) in [5.41, 5.74) is 1.91. The summed E-state index contributed by atoms with van der Waals surface area (Å²) in [5, 5.41) is 9.88. The van der Waals surface area contributed by atoms with E-state index in [1.54, 1.807) is 12.3 Å². The van der Waals surface area contributed by atoms with Gasteiger partial charge in [-0.1, -0.05) is 43.2 Å². The molecule has 0 aliphatic heterocycles. The third kappa shape index (κ3) is 2.23. The Kier molecular flexibility index (Phi) is 3.45.